The van der Waals surface area contributed by atoms with Gasteiger partial charge in [0.25, 0.3) is 0 Å². The zero-order chi connectivity index (χ0) is 20.9. The Morgan fingerprint density at radius 1 is 1.14 bits per heavy atom. The van der Waals surface area contributed by atoms with Gasteiger partial charge >= 0.3 is 0 Å². The molecule has 0 radical (unpaired) electrons. The lowest BCUT2D eigenvalue weighted by molar-refractivity contribution is -0.139. The molecule has 0 saturated carbocycles. The third-order valence-electron chi connectivity index (χ3n) is 4.63. The smallest absolute Gasteiger partial charge is 0.233 e. The van der Waals surface area contributed by atoms with Crippen LogP contribution in [-0.4, -0.2) is 76.6 Å². The molecule has 1 saturated heterocycles. The molecule has 0 atom stereocenters. The number of halogens is 1. The lowest BCUT2D eigenvalue weighted by Crippen LogP contribution is -2.51. The van der Waals surface area contributed by atoms with E-state index >= 15 is 0 Å². The molecule has 1 aliphatic heterocycles. The van der Waals surface area contributed by atoms with Gasteiger partial charge in [0, 0.05) is 50.7 Å². The second kappa shape index (κ2) is 9.78. The summed E-state index contributed by atoms with van der Waals surface area (Å²) < 4.78 is 0. The van der Waals surface area contributed by atoms with Crippen LogP contribution in [0.25, 0.3) is 0 Å². The van der Waals surface area contributed by atoms with Gasteiger partial charge in [-0.15, -0.1) is 0 Å². The minimum absolute atomic E-state index is 0.0643. The normalized spacial score (nSPS) is 14.9. The fourth-order valence-electron chi connectivity index (χ4n) is 3.02. The molecule has 1 aromatic rings. The highest BCUT2D eigenvalue weighted by atomic mass is 35.5. The van der Waals surface area contributed by atoms with E-state index in [0.29, 0.717) is 49.6 Å². The largest absolute Gasteiger partial charge is 0.353 e. The zero-order valence-corrected chi connectivity index (χ0v) is 18.9. The van der Waals surface area contributed by atoms with Gasteiger partial charge in [0.05, 0.1) is 5.75 Å². The summed E-state index contributed by atoms with van der Waals surface area (Å²) in [5.41, 5.74) is -0.373. The quantitative estimate of drug-likeness (QED) is 0.395. The van der Waals surface area contributed by atoms with Gasteiger partial charge in [-0.05, 0) is 13.8 Å². The van der Waals surface area contributed by atoms with Crippen molar-refractivity contribution in [2.45, 2.75) is 39.8 Å². The van der Waals surface area contributed by atoms with Crippen molar-refractivity contribution in [1.82, 2.24) is 19.8 Å². The molecule has 1 fully saturated rings. The van der Waals surface area contributed by atoms with Gasteiger partial charge in [-0.1, -0.05) is 44.1 Å². The number of carbonyl (C=O) groups is 2. The Labute approximate surface area is 176 Å². The van der Waals surface area contributed by atoms with Crippen molar-refractivity contribution in [3.63, 3.8) is 0 Å². The summed E-state index contributed by atoms with van der Waals surface area (Å²) in [5, 5.41) is 0.854. The first-order valence-corrected chi connectivity index (χ1v) is 11.0. The van der Waals surface area contributed by atoms with Crippen molar-refractivity contribution < 1.29 is 9.59 Å². The van der Waals surface area contributed by atoms with Gasteiger partial charge in [0.15, 0.2) is 5.16 Å². The van der Waals surface area contributed by atoms with Crippen LogP contribution in [0.3, 0.4) is 0 Å². The van der Waals surface area contributed by atoms with Crippen molar-refractivity contribution in [3.05, 3.63) is 11.2 Å². The highest BCUT2D eigenvalue weighted by Crippen LogP contribution is 2.24. The summed E-state index contributed by atoms with van der Waals surface area (Å²) >= 11 is 7.49. The molecule has 1 aliphatic rings. The maximum atomic E-state index is 12.4. The predicted molar refractivity (Wildman–Crippen MR) is 114 cm³/mol. The Kier molecular flexibility index (Phi) is 7.95. The van der Waals surface area contributed by atoms with Crippen LogP contribution in [0.15, 0.2) is 11.2 Å². The van der Waals surface area contributed by atoms with Crippen molar-refractivity contribution in [3.8, 4) is 0 Å². The molecule has 7 nitrogen and oxygen atoms in total. The number of piperazine rings is 1. The lowest BCUT2D eigenvalue weighted by atomic mass is 9.94. The average Bonchev–Trinajstić information content (AvgIpc) is 2.65. The molecule has 1 aromatic heterocycles. The number of rotatable bonds is 6. The van der Waals surface area contributed by atoms with Crippen LogP contribution in [0.4, 0.5) is 5.82 Å². The number of hydrogen-bond acceptors (Lipinski definition) is 6. The Hall–Kier alpha value is -1.54. The monoisotopic (exact) mass is 427 g/mol. The molecule has 0 aromatic carbocycles. The molecule has 2 rings (SSSR count). The summed E-state index contributed by atoms with van der Waals surface area (Å²) in [7, 11) is 0. The van der Waals surface area contributed by atoms with Crippen molar-refractivity contribution >= 4 is 41.0 Å². The zero-order valence-electron chi connectivity index (χ0n) is 17.4. The number of carbonyl (C=O) groups excluding carboxylic acids is 2. The van der Waals surface area contributed by atoms with Gasteiger partial charge in [0.1, 0.15) is 11.0 Å². The second-order valence-corrected chi connectivity index (χ2v) is 9.05. The summed E-state index contributed by atoms with van der Waals surface area (Å²) in [4.78, 5) is 39.3. The van der Waals surface area contributed by atoms with Gasteiger partial charge in [-0.2, -0.15) is 0 Å². The van der Waals surface area contributed by atoms with E-state index in [-0.39, 0.29) is 23.0 Å². The van der Waals surface area contributed by atoms with E-state index in [9.17, 15) is 9.59 Å². The van der Waals surface area contributed by atoms with Gasteiger partial charge in [-0.25, -0.2) is 9.97 Å². The van der Waals surface area contributed by atoms with Crippen LogP contribution in [-0.2, 0) is 9.59 Å². The van der Waals surface area contributed by atoms with E-state index in [4.69, 9.17) is 11.6 Å². The van der Waals surface area contributed by atoms with Gasteiger partial charge in [-0.3, -0.25) is 9.59 Å². The summed E-state index contributed by atoms with van der Waals surface area (Å²) in [5.74, 6) is 1.25. The number of amides is 2. The van der Waals surface area contributed by atoms with E-state index < -0.39 is 0 Å². The fraction of sp³-hybridized carbons (Fsp3) is 0.684. The van der Waals surface area contributed by atoms with E-state index in [2.05, 4.69) is 14.9 Å². The van der Waals surface area contributed by atoms with E-state index in [0.717, 1.165) is 5.82 Å². The molecule has 2 heterocycles. The Bertz CT molecular complexity index is 698. The van der Waals surface area contributed by atoms with E-state index in [1.807, 2.05) is 39.5 Å². The lowest BCUT2D eigenvalue weighted by Gasteiger charge is -2.38. The third kappa shape index (κ3) is 5.98. The molecular formula is C19H30ClN5O2S. The topological polar surface area (TPSA) is 69.6 Å². The van der Waals surface area contributed by atoms with Crippen molar-refractivity contribution in [2.75, 3.05) is 49.9 Å². The van der Waals surface area contributed by atoms with Crippen molar-refractivity contribution in [2.24, 2.45) is 5.41 Å². The highest BCUT2D eigenvalue weighted by molar-refractivity contribution is 7.99. The maximum absolute atomic E-state index is 12.4. The summed E-state index contributed by atoms with van der Waals surface area (Å²) in [6.07, 6.45) is 0. The minimum Gasteiger partial charge on any atom is -0.353 e. The average molecular weight is 428 g/mol. The number of hydrogen-bond donors (Lipinski definition) is 0. The molecule has 0 bridgehead atoms. The molecule has 0 aliphatic carbocycles. The van der Waals surface area contributed by atoms with Crippen molar-refractivity contribution in [1.29, 1.82) is 0 Å². The first kappa shape index (κ1) is 22.7. The number of anilines is 1. The van der Waals surface area contributed by atoms with Gasteiger partial charge < -0.3 is 14.7 Å². The van der Waals surface area contributed by atoms with Crippen LogP contribution in [0.2, 0.25) is 5.15 Å². The SMILES string of the molecule is CCN(CC)C(=O)CSc1nc(Cl)cc(N2CCN(C(=O)C(C)(C)C)CC2)n1. The Morgan fingerprint density at radius 3 is 2.29 bits per heavy atom. The molecular weight excluding hydrogens is 398 g/mol. The van der Waals surface area contributed by atoms with E-state index in [1.165, 1.54) is 11.8 Å². The molecule has 156 valence electrons. The molecule has 0 N–H and O–H groups in total. The Morgan fingerprint density at radius 2 is 1.75 bits per heavy atom. The first-order valence-electron chi connectivity index (χ1n) is 9.65. The minimum atomic E-state index is -0.373. The van der Waals surface area contributed by atoms with Crippen LogP contribution >= 0.6 is 23.4 Å². The molecule has 0 spiro atoms. The molecule has 28 heavy (non-hydrogen) atoms. The third-order valence-corrected chi connectivity index (χ3v) is 5.66. The second-order valence-electron chi connectivity index (χ2n) is 7.72. The highest BCUT2D eigenvalue weighted by Gasteiger charge is 2.30. The number of aromatic nitrogens is 2. The van der Waals surface area contributed by atoms with E-state index in [1.54, 1.807) is 11.0 Å². The summed E-state index contributed by atoms with van der Waals surface area (Å²) in [6, 6.07) is 1.74. The van der Waals surface area contributed by atoms with Crippen LogP contribution in [0.1, 0.15) is 34.6 Å². The number of thioether (sulfide) groups is 1. The Balaban J connectivity index is 2.00. The predicted octanol–water partition coefficient (Wildman–Crippen LogP) is 2.79. The maximum Gasteiger partial charge on any atom is 0.233 e. The first-order chi connectivity index (χ1) is 13.2. The fourth-order valence-corrected chi connectivity index (χ4v) is 4.00. The standard InChI is InChI=1S/C19H30ClN5O2S/c1-6-23(7-2)16(26)13-28-18-21-14(20)12-15(22-18)24-8-10-25(11-9-24)17(27)19(3,4)5/h12H,6-11,13H2,1-5H3. The van der Waals surface area contributed by atoms with Crippen LogP contribution in [0, 0.1) is 5.41 Å². The van der Waals surface area contributed by atoms with Crippen LogP contribution < -0.4 is 4.90 Å². The van der Waals surface area contributed by atoms with Crippen LogP contribution in [0.5, 0.6) is 0 Å². The molecule has 9 heteroatoms. The van der Waals surface area contributed by atoms with Gasteiger partial charge in [0.2, 0.25) is 11.8 Å². The molecule has 0 unspecified atom stereocenters. The number of nitrogens with zero attached hydrogens (tertiary/aromatic N) is 5. The molecule has 2 amide bonds. The summed E-state index contributed by atoms with van der Waals surface area (Å²) in [6.45, 7) is 13.8.